The Morgan fingerprint density at radius 3 is 2.62 bits per heavy atom. The van der Waals surface area contributed by atoms with Gasteiger partial charge in [-0.2, -0.15) is 0 Å². The Balaban J connectivity index is 3.00. The Kier molecular flexibility index (Phi) is 1.29. The van der Waals surface area contributed by atoms with Crippen LogP contribution in [0.2, 0.25) is 0 Å². The monoisotopic (exact) mass is 129 g/mol. The third kappa shape index (κ3) is 0.865. The molecule has 8 heavy (non-hydrogen) atoms. The molecule has 0 radical (unpaired) electrons. The first-order valence-electron chi connectivity index (χ1n) is 1.96. The van der Waals surface area contributed by atoms with Crippen LogP contribution in [-0.2, 0) is 0 Å². The van der Waals surface area contributed by atoms with E-state index in [1.54, 1.807) is 6.92 Å². The van der Waals surface area contributed by atoms with Crippen molar-refractivity contribution >= 4 is 16.5 Å². The molecular weight excluding hydrogens is 126 g/mol. The van der Waals surface area contributed by atoms with E-state index in [0.717, 1.165) is 5.01 Å². The van der Waals surface area contributed by atoms with E-state index < -0.39 is 0 Å². The topological polar surface area (TPSA) is 55.2 Å². The van der Waals surface area contributed by atoms with Crippen LogP contribution in [0.15, 0.2) is 5.18 Å². The Bertz CT molecular complexity index is 196. The highest BCUT2D eigenvalue weighted by molar-refractivity contribution is 7.14. The summed E-state index contributed by atoms with van der Waals surface area (Å²) >= 11 is 1.19. The molecule has 0 N–H and O–H groups in total. The Morgan fingerprint density at radius 2 is 2.38 bits per heavy atom. The van der Waals surface area contributed by atoms with Crippen molar-refractivity contribution in [2.75, 3.05) is 0 Å². The summed E-state index contributed by atoms with van der Waals surface area (Å²) in [5.74, 6) is 0. The molecule has 0 unspecified atom stereocenters. The number of rotatable bonds is 1. The number of hydrogen-bond acceptors (Lipinski definition) is 5. The number of nitrogens with zero attached hydrogens (tertiary/aromatic N) is 3. The zero-order valence-electron chi connectivity index (χ0n) is 4.16. The van der Waals surface area contributed by atoms with Gasteiger partial charge in [0.25, 0.3) is 5.13 Å². The molecule has 4 nitrogen and oxygen atoms in total. The summed E-state index contributed by atoms with van der Waals surface area (Å²) in [6, 6.07) is 0. The summed E-state index contributed by atoms with van der Waals surface area (Å²) in [6.45, 7) is 1.77. The van der Waals surface area contributed by atoms with E-state index in [1.807, 2.05) is 0 Å². The zero-order chi connectivity index (χ0) is 5.98. The fraction of sp³-hybridized carbons (Fsp3) is 0.333. The van der Waals surface area contributed by atoms with Crippen molar-refractivity contribution in [1.29, 1.82) is 0 Å². The van der Waals surface area contributed by atoms with Crippen molar-refractivity contribution in [3.63, 3.8) is 0 Å². The van der Waals surface area contributed by atoms with Gasteiger partial charge in [-0.15, -0.1) is 15.1 Å². The molecular formula is C3H3N3OS. The molecule has 1 aromatic rings. The molecule has 0 aliphatic rings. The Morgan fingerprint density at radius 1 is 1.62 bits per heavy atom. The second-order valence-corrected chi connectivity index (χ2v) is 2.36. The molecule has 0 saturated carbocycles. The van der Waals surface area contributed by atoms with Gasteiger partial charge in [-0.1, -0.05) is 11.3 Å². The third-order valence-electron chi connectivity index (χ3n) is 0.593. The van der Waals surface area contributed by atoms with E-state index in [2.05, 4.69) is 15.4 Å². The molecule has 1 heterocycles. The van der Waals surface area contributed by atoms with Crippen molar-refractivity contribution in [2.24, 2.45) is 5.18 Å². The summed E-state index contributed by atoms with van der Waals surface area (Å²) in [5, 5.41) is 10.5. The van der Waals surface area contributed by atoms with Crippen molar-refractivity contribution in [1.82, 2.24) is 10.2 Å². The van der Waals surface area contributed by atoms with E-state index in [0.29, 0.717) is 0 Å². The van der Waals surface area contributed by atoms with Gasteiger partial charge in [0.1, 0.15) is 5.01 Å². The molecule has 0 spiro atoms. The summed E-state index contributed by atoms with van der Waals surface area (Å²) in [5.41, 5.74) is 0. The van der Waals surface area contributed by atoms with Crippen LogP contribution in [0.4, 0.5) is 5.13 Å². The molecule has 0 bridgehead atoms. The summed E-state index contributed by atoms with van der Waals surface area (Å²) in [6.07, 6.45) is 0. The van der Waals surface area contributed by atoms with E-state index in [9.17, 15) is 4.91 Å². The maximum absolute atomic E-state index is 9.68. The maximum Gasteiger partial charge on any atom is 0.273 e. The minimum absolute atomic E-state index is 0.197. The average Bonchev–Trinajstić information content (AvgIpc) is 2.14. The molecule has 0 amide bonds. The van der Waals surface area contributed by atoms with Crippen LogP contribution in [0, 0.1) is 11.8 Å². The lowest BCUT2D eigenvalue weighted by atomic mass is 10.9. The minimum Gasteiger partial charge on any atom is -0.142 e. The molecule has 42 valence electrons. The second-order valence-electron chi connectivity index (χ2n) is 1.19. The molecule has 0 atom stereocenters. The quantitative estimate of drug-likeness (QED) is 0.536. The first kappa shape index (κ1) is 5.30. The highest BCUT2D eigenvalue weighted by Gasteiger charge is 1.95. The standard InChI is InChI=1S/C3H3N3OS/c1-2-4-5-3(6-7)8-2/h1H3. The van der Waals surface area contributed by atoms with Crippen LogP contribution >= 0.6 is 11.3 Å². The van der Waals surface area contributed by atoms with Gasteiger partial charge in [-0.05, 0) is 6.92 Å². The van der Waals surface area contributed by atoms with Crippen LogP contribution in [0.3, 0.4) is 0 Å². The van der Waals surface area contributed by atoms with E-state index >= 15 is 0 Å². The van der Waals surface area contributed by atoms with E-state index in [1.165, 1.54) is 11.3 Å². The SMILES string of the molecule is Cc1nnc(N=O)s1. The van der Waals surface area contributed by atoms with E-state index in [-0.39, 0.29) is 5.13 Å². The highest BCUT2D eigenvalue weighted by atomic mass is 32.1. The van der Waals surface area contributed by atoms with Crippen molar-refractivity contribution in [3.05, 3.63) is 9.91 Å². The Hall–Kier alpha value is -0.840. The van der Waals surface area contributed by atoms with Crippen molar-refractivity contribution in [3.8, 4) is 0 Å². The average molecular weight is 129 g/mol. The van der Waals surface area contributed by atoms with Crippen LogP contribution < -0.4 is 0 Å². The first-order chi connectivity index (χ1) is 3.83. The van der Waals surface area contributed by atoms with Gasteiger partial charge in [-0.25, -0.2) is 0 Å². The molecule has 0 aromatic carbocycles. The first-order valence-corrected chi connectivity index (χ1v) is 2.78. The molecule has 0 aliphatic carbocycles. The van der Waals surface area contributed by atoms with Gasteiger partial charge in [0.15, 0.2) is 0 Å². The smallest absolute Gasteiger partial charge is 0.142 e. The molecule has 1 rings (SSSR count). The summed E-state index contributed by atoms with van der Waals surface area (Å²) in [7, 11) is 0. The van der Waals surface area contributed by atoms with Gasteiger partial charge in [-0.3, -0.25) is 0 Å². The van der Waals surface area contributed by atoms with Gasteiger partial charge in [0, 0.05) is 5.18 Å². The lowest BCUT2D eigenvalue weighted by Gasteiger charge is -1.64. The molecule has 5 heteroatoms. The Labute approximate surface area is 49.5 Å². The summed E-state index contributed by atoms with van der Waals surface area (Å²) < 4.78 is 0. The van der Waals surface area contributed by atoms with Crippen molar-refractivity contribution < 1.29 is 0 Å². The zero-order valence-corrected chi connectivity index (χ0v) is 4.97. The minimum atomic E-state index is 0.197. The fourth-order valence-electron chi connectivity index (χ4n) is 0.323. The predicted molar refractivity (Wildman–Crippen MR) is 30.1 cm³/mol. The highest BCUT2D eigenvalue weighted by Crippen LogP contribution is 2.15. The predicted octanol–water partition coefficient (Wildman–Crippen LogP) is 1.24. The fourth-order valence-corrected chi connectivity index (χ4v) is 0.788. The van der Waals surface area contributed by atoms with Crippen LogP contribution in [0.25, 0.3) is 0 Å². The third-order valence-corrected chi connectivity index (χ3v) is 1.31. The summed E-state index contributed by atoms with van der Waals surface area (Å²) in [4.78, 5) is 9.68. The molecule has 0 fully saturated rings. The second kappa shape index (κ2) is 1.95. The molecule has 1 aromatic heterocycles. The number of aryl methyl sites for hydroxylation is 1. The van der Waals surface area contributed by atoms with Crippen LogP contribution in [0.1, 0.15) is 5.01 Å². The largest absolute Gasteiger partial charge is 0.273 e. The lowest BCUT2D eigenvalue weighted by molar-refractivity contribution is 1.04. The number of aromatic nitrogens is 2. The molecule has 0 aliphatic heterocycles. The molecule has 0 saturated heterocycles. The lowest BCUT2D eigenvalue weighted by Crippen LogP contribution is -1.65. The van der Waals surface area contributed by atoms with Crippen LogP contribution in [0.5, 0.6) is 0 Å². The maximum atomic E-state index is 9.68. The normalized spacial score (nSPS) is 9.12. The number of nitroso groups, excluding NO2 is 1. The van der Waals surface area contributed by atoms with Crippen molar-refractivity contribution in [2.45, 2.75) is 6.92 Å². The van der Waals surface area contributed by atoms with E-state index in [4.69, 9.17) is 0 Å². The van der Waals surface area contributed by atoms with Gasteiger partial charge in [0.2, 0.25) is 0 Å². The van der Waals surface area contributed by atoms with Gasteiger partial charge < -0.3 is 0 Å². The number of hydrogen-bond donors (Lipinski definition) is 0. The van der Waals surface area contributed by atoms with Crippen LogP contribution in [-0.4, -0.2) is 10.2 Å². The van der Waals surface area contributed by atoms with Gasteiger partial charge >= 0.3 is 0 Å². The van der Waals surface area contributed by atoms with Gasteiger partial charge in [0.05, 0.1) is 0 Å².